The van der Waals surface area contributed by atoms with Gasteiger partial charge in [-0.05, 0) is 24.3 Å². The molecule has 0 bridgehead atoms. The number of para-hydroxylation sites is 3. The number of ether oxygens (including phenoxy) is 1. The molecule has 2 aromatic carbocycles. The van der Waals surface area contributed by atoms with Crippen LogP contribution in [0.25, 0.3) is 10.9 Å². The average molecular weight is 267 g/mol. The van der Waals surface area contributed by atoms with E-state index in [1.165, 1.54) is 0 Å². The molecule has 2 N–H and O–H groups in total. The predicted molar refractivity (Wildman–Crippen MR) is 78.6 cm³/mol. The number of hydrogen-bond acceptors (Lipinski definition) is 4. The Morgan fingerprint density at radius 3 is 2.70 bits per heavy atom. The number of anilines is 2. The number of aromatic nitrogens is 2. The van der Waals surface area contributed by atoms with Crippen molar-refractivity contribution in [1.82, 2.24) is 9.97 Å². The van der Waals surface area contributed by atoms with Gasteiger partial charge in [0, 0.05) is 0 Å². The first-order valence-corrected chi connectivity index (χ1v) is 6.17. The maximum atomic E-state index is 12.0. The average Bonchev–Trinajstić information content (AvgIpc) is 2.48. The number of hydrogen-bond donors (Lipinski definition) is 2. The SMILES string of the molecule is COc1ccccc1Nc1nc2ccccc2c(=O)[nH]1. The summed E-state index contributed by atoms with van der Waals surface area (Å²) in [5.74, 6) is 1.07. The van der Waals surface area contributed by atoms with E-state index < -0.39 is 0 Å². The summed E-state index contributed by atoms with van der Waals surface area (Å²) >= 11 is 0. The van der Waals surface area contributed by atoms with Crippen molar-refractivity contribution in [3.8, 4) is 5.75 Å². The number of nitrogens with zero attached hydrogens (tertiary/aromatic N) is 1. The van der Waals surface area contributed by atoms with Crippen molar-refractivity contribution in [2.24, 2.45) is 0 Å². The maximum absolute atomic E-state index is 12.0. The van der Waals surface area contributed by atoms with Gasteiger partial charge in [0.25, 0.3) is 5.56 Å². The van der Waals surface area contributed by atoms with Crippen molar-refractivity contribution in [1.29, 1.82) is 0 Å². The van der Waals surface area contributed by atoms with E-state index in [-0.39, 0.29) is 5.56 Å². The third kappa shape index (κ3) is 2.21. The van der Waals surface area contributed by atoms with Crippen molar-refractivity contribution < 1.29 is 4.74 Å². The van der Waals surface area contributed by atoms with E-state index in [0.717, 1.165) is 5.69 Å². The van der Waals surface area contributed by atoms with Gasteiger partial charge < -0.3 is 10.1 Å². The van der Waals surface area contributed by atoms with E-state index in [1.54, 1.807) is 19.2 Å². The lowest BCUT2D eigenvalue weighted by molar-refractivity contribution is 0.417. The van der Waals surface area contributed by atoms with Crippen LogP contribution in [0.3, 0.4) is 0 Å². The van der Waals surface area contributed by atoms with Crippen LogP contribution in [-0.2, 0) is 0 Å². The number of nitrogens with one attached hydrogen (secondary N) is 2. The Bertz CT molecular complexity index is 811. The van der Waals surface area contributed by atoms with Crippen molar-refractivity contribution in [2.45, 2.75) is 0 Å². The van der Waals surface area contributed by atoms with Crippen molar-refractivity contribution in [2.75, 3.05) is 12.4 Å². The van der Waals surface area contributed by atoms with Gasteiger partial charge in [-0.25, -0.2) is 4.98 Å². The van der Waals surface area contributed by atoms with Gasteiger partial charge in [0.1, 0.15) is 5.75 Å². The monoisotopic (exact) mass is 267 g/mol. The lowest BCUT2D eigenvalue weighted by Gasteiger charge is -2.10. The third-order valence-corrected chi connectivity index (χ3v) is 2.97. The molecule has 3 aromatic rings. The first kappa shape index (κ1) is 12.2. The van der Waals surface area contributed by atoms with Crippen molar-refractivity contribution in [3.63, 3.8) is 0 Å². The number of fused-ring (bicyclic) bond motifs is 1. The highest BCUT2D eigenvalue weighted by Gasteiger charge is 2.06. The summed E-state index contributed by atoms with van der Waals surface area (Å²) < 4.78 is 5.25. The highest BCUT2D eigenvalue weighted by atomic mass is 16.5. The van der Waals surface area contributed by atoms with Gasteiger partial charge in [-0.1, -0.05) is 24.3 Å². The van der Waals surface area contributed by atoms with Crippen molar-refractivity contribution >= 4 is 22.5 Å². The minimum absolute atomic E-state index is 0.173. The molecule has 0 spiro atoms. The van der Waals surface area contributed by atoms with Crippen LogP contribution in [0.4, 0.5) is 11.6 Å². The van der Waals surface area contributed by atoms with Gasteiger partial charge in [0.15, 0.2) is 0 Å². The molecule has 0 atom stereocenters. The molecule has 1 aromatic heterocycles. The highest BCUT2D eigenvalue weighted by Crippen LogP contribution is 2.25. The zero-order valence-corrected chi connectivity index (χ0v) is 10.9. The fourth-order valence-corrected chi connectivity index (χ4v) is 2.02. The fraction of sp³-hybridized carbons (Fsp3) is 0.0667. The number of H-pyrrole nitrogens is 1. The van der Waals surface area contributed by atoms with E-state index >= 15 is 0 Å². The molecular weight excluding hydrogens is 254 g/mol. The van der Waals surface area contributed by atoms with Gasteiger partial charge in [-0.3, -0.25) is 9.78 Å². The predicted octanol–water partition coefficient (Wildman–Crippen LogP) is 2.68. The van der Waals surface area contributed by atoms with E-state index in [4.69, 9.17) is 4.74 Å². The molecule has 3 rings (SSSR count). The van der Waals surface area contributed by atoms with Gasteiger partial charge in [-0.2, -0.15) is 0 Å². The highest BCUT2D eigenvalue weighted by molar-refractivity contribution is 5.79. The van der Waals surface area contributed by atoms with Crippen LogP contribution in [0.2, 0.25) is 0 Å². The molecule has 0 aliphatic rings. The molecular formula is C15H13N3O2. The van der Waals surface area contributed by atoms with Gasteiger partial charge >= 0.3 is 0 Å². The second-order valence-electron chi connectivity index (χ2n) is 4.26. The Kier molecular flexibility index (Phi) is 3.09. The molecule has 0 aliphatic carbocycles. The lowest BCUT2D eigenvalue weighted by atomic mass is 10.2. The van der Waals surface area contributed by atoms with E-state index in [0.29, 0.717) is 22.6 Å². The Morgan fingerprint density at radius 1 is 1.10 bits per heavy atom. The molecule has 5 nitrogen and oxygen atoms in total. The Balaban J connectivity index is 2.05. The number of benzene rings is 2. The van der Waals surface area contributed by atoms with Crippen LogP contribution in [0.15, 0.2) is 53.3 Å². The van der Waals surface area contributed by atoms with Gasteiger partial charge in [0.05, 0.1) is 23.7 Å². The summed E-state index contributed by atoms with van der Waals surface area (Å²) in [7, 11) is 1.59. The first-order chi connectivity index (χ1) is 9.78. The molecule has 0 saturated heterocycles. The zero-order valence-electron chi connectivity index (χ0n) is 10.9. The van der Waals surface area contributed by atoms with Gasteiger partial charge in [0.2, 0.25) is 5.95 Å². The minimum Gasteiger partial charge on any atom is -0.495 e. The quantitative estimate of drug-likeness (QED) is 0.765. The summed E-state index contributed by atoms with van der Waals surface area (Å²) in [6, 6.07) is 14.7. The van der Waals surface area contributed by atoms with E-state index in [9.17, 15) is 4.79 Å². The minimum atomic E-state index is -0.173. The molecule has 0 radical (unpaired) electrons. The molecule has 20 heavy (non-hydrogen) atoms. The summed E-state index contributed by atoms with van der Waals surface area (Å²) in [5.41, 5.74) is 1.22. The van der Waals surface area contributed by atoms with Crippen molar-refractivity contribution in [3.05, 3.63) is 58.9 Å². The molecule has 0 saturated carbocycles. The molecule has 5 heteroatoms. The zero-order chi connectivity index (χ0) is 13.9. The topological polar surface area (TPSA) is 67.0 Å². The van der Waals surface area contributed by atoms with Crippen LogP contribution >= 0.6 is 0 Å². The number of aromatic amines is 1. The lowest BCUT2D eigenvalue weighted by Crippen LogP contribution is -2.11. The Morgan fingerprint density at radius 2 is 1.85 bits per heavy atom. The van der Waals surface area contributed by atoms with Crippen LogP contribution in [0.5, 0.6) is 5.75 Å². The third-order valence-electron chi connectivity index (χ3n) is 2.97. The first-order valence-electron chi connectivity index (χ1n) is 6.17. The van der Waals surface area contributed by atoms with Crippen LogP contribution < -0.4 is 15.6 Å². The molecule has 0 amide bonds. The van der Waals surface area contributed by atoms with Crippen LogP contribution in [0.1, 0.15) is 0 Å². The summed E-state index contributed by atoms with van der Waals surface area (Å²) in [6.07, 6.45) is 0. The number of methoxy groups -OCH3 is 1. The number of rotatable bonds is 3. The molecule has 0 fully saturated rings. The standard InChI is InChI=1S/C15H13N3O2/c1-20-13-9-5-4-8-12(13)17-15-16-11-7-3-2-6-10(11)14(19)18-15/h2-9H,1H3,(H2,16,17,18,19). The van der Waals surface area contributed by atoms with Gasteiger partial charge in [-0.15, -0.1) is 0 Å². The maximum Gasteiger partial charge on any atom is 0.260 e. The largest absolute Gasteiger partial charge is 0.495 e. The summed E-state index contributed by atoms with van der Waals surface area (Å²) in [6.45, 7) is 0. The summed E-state index contributed by atoms with van der Waals surface area (Å²) in [4.78, 5) is 19.1. The fourth-order valence-electron chi connectivity index (χ4n) is 2.02. The summed E-state index contributed by atoms with van der Waals surface area (Å²) in [5, 5.41) is 3.63. The van der Waals surface area contributed by atoms with Crippen LogP contribution in [-0.4, -0.2) is 17.1 Å². The Labute approximate surface area is 115 Å². The normalized spacial score (nSPS) is 10.4. The second kappa shape index (κ2) is 5.05. The molecule has 100 valence electrons. The van der Waals surface area contributed by atoms with E-state index in [1.807, 2.05) is 36.4 Å². The molecule has 0 unspecified atom stereocenters. The van der Waals surface area contributed by atoms with E-state index in [2.05, 4.69) is 15.3 Å². The van der Waals surface area contributed by atoms with Crippen LogP contribution in [0, 0.1) is 0 Å². The smallest absolute Gasteiger partial charge is 0.260 e. The molecule has 1 heterocycles. The molecule has 0 aliphatic heterocycles. The Hall–Kier alpha value is -2.82. The second-order valence-corrected chi connectivity index (χ2v) is 4.26.